The average Bonchev–Trinajstić information content (AvgIpc) is 2.30. The van der Waals surface area contributed by atoms with E-state index in [1.807, 2.05) is 0 Å². The van der Waals surface area contributed by atoms with Crippen LogP contribution in [0.15, 0.2) is 24.3 Å². The van der Waals surface area contributed by atoms with Gasteiger partial charge >= 0.3 is 0 Å². The summed E-state index contributed by atoms with van der Waals surface area (Å²) in [5.74, 6) is 0.668. The average molecular weight is 233 g/mol. The van der Waals surface area contributed by atoms with Gasteiger partial charge < -0.3 is 4.90 Å². The Labute approximate surface area is 104 Å². The molecule has 1 aliphatic heterocycles. The number of rotatable bonds is 3. The van der Waals surface area contributed by atoms with Crippen LogP contribution in [-0.2, 0) is 0 Å². The highest BCUT2D eigenvalue weighted by Crippen LogP contribution is 2.27. The van der Waals surface area contributed by atoms with Crippen LogP contribution in [0.5, 0.6) is 0 Å². The van der Waals surface area contributed by atoms with Crippen molar-refractivity contribution in [1.82, 2.24) is 4.90 Å². The SMILES string of the molecule is Bc1ccc(C2CCN(CC(C)F)CC2)cc1. The number of piperidine rings is 1. The molecule has 0 N–H and O–H groups in total. The van der Waals surface area contributed by atoms with Gasteiger partial charge in [0.15, 0.2) is 0 Å². The lowest BCUT2D eigenvalue weighted by molar-refractivity contribution is 0.165. The minimum atomic E-state index is -0.703. The van der Waals surface area contributed by atoms with Crippen LogP contribution in [0.4, 0.5) is 4.39 Å². The molecule has 1 unspecified atom stereocenters. The Morgan fingerprint density at radius 1 is 1.29 bits per heavy atom. The third kappa shape index (κ3) is 3.57. The number of halogens is 1. The second kappa shape index (κ2) is 5.68. The van der Waals surface area contributed by atoms with E-state index in [2.05, 4.69) is 37.0 Å². The topological polar surface area (TPSA) is 3.24 Å². The Hall–Kier alpha value is -0.825. The zero-order chi connectivity index (χ0) is 12.3. The van der Waals surface area contributed by atoms with E-state index in [4.69, 9.17) is 0 Å². The summed E-state index contributed by atoms with van der Waals surface area (Å²) in [6.07, 6.45) is 1.62. The molecule has 1 aromatic carbocycles. The Morgan fingerprint density at radius 2 is 1.88 bits per heavy atom. The first kappa shape index (κ1) is 12.6. The maximum atomic E-state index is 12.9. The highest BCUT2D eigenvalue weighted by Gasteiger charge is 2.21. The lowest BCUT2D eigenvalue weighted by Crippen LogP contribution is -2.36. The van der Waals surface area contributed by atoms with Gasteiger partial charge in [-0.3, -0.25) is 0 Å². The third-order valence-electron chi connectivity index (χ3n) is 3.65. The number of nitrogens with zero attached hydrogens (tertiary/aromatic N) is 1. The minimum Gasteiger partial charge on any atom is -0.300 e. The molecule has 1 saturated heterocycles. The van der Waals surface area contributed by atoms with Crippen molar-refractivity contribution in [2.75, 3.05) is 19.6 Å². The van der Waals surface area contributed by atoms with Crippen molar-refractivity contribution < 1.29 is 4.39 Å². The smallest absolute Gasteiger partial charge is 0.139 e. The molecule has 1 aromatic rings. The summed E-state index contributed by atoms with van der Waals surface area (Å²) in [7, 11) is 2.12. The van der Waals surface area contributed by atoms with Crippen molar-refractivity contribution in [3.05, 3.63) is 29.8 Å². The highest BCUT2D eigenvalue weighted by molar-refractivity contribution is 6.32. The van der Waals surface area contributed by atoms with Crippen LogP contribution in [0.3, 0.4) is 0 Å². The van der Waals surface area contributed by atoms with Gasteiger partial charge in [-0.1, -0.05) is 29.7 Å². The van der Waals surface area contributed by atoms with Crippen LogP contribution in [0, 0.1) is 0 Å². The first-order valence-corrected chi connectivity index (χ1v) is 6.58. The quantitative estimate of drug-likeness (QED) is 0.715. The minimum absolute atomic E-state index is 0.598. The number of hydrogen-bond donors (Lipinski definition) is 0. The van der Waals surface area contributed by atoms with Crippen LogP contribution in [-0.4, -0.2) is 38.6 Å². The maximum Gasteiger partial charge on any atom is 0.139 e. The van der Waals surface area contributed by atoms with Gasteiger partial charge in [0.1, 0.15) is 14.0 Å². The van der Waals surface area contributed by atoms with Gasteiger partial charge in [-0.2, -0.15) is 0 Å². The van der Waals surface area contributed by atoms with Crippen LogP contribution >= 0.6 is 0 Å². The van der Waals surface area contributed by atoms with Gasteiger partial charge in [-0.15, -0.1) is 0 Å². The molecule has 3 heteroatoms. The predicted molar refractivity (Wildman–Crippen MR) is 73.6 cm³/mol. The van der Waals surface area contributed by atoms with E-state index in [1.165, 1.54) is 11.0 Å². The summed E-state index contributed by atoms with van der Waals surface area (Å²) in [4.78, 5) is 2.25. The van der Waals surface area contributed by atoms with Crippen molar-refractivity contribution in [3.63, 3.8) is 0 Å². The summed E-state index contributed by atoms with van der Waals surface area (Å²) in [5.41, 5.74) is 2.76. The fraction of sp³-hybridized carbons (Fsp3) is 0.571. The molecule has 92 valence electrons. The molecule has 0 spiro atoms. The van der Waals surface area contributed by atoms with Gasteiger partial charge in [0.25, 0.3) is 0 Å². The molecule has 1 nitrogen and oxygen atoms in total. The molecule has 17 heavy (non-hydrogen) atoms. The fourth-order valence-corrected chi connectivity index (χ4v) is 2.64. The fourth-order valence-electron chi connectivity index (χ4n) is 2.64. The molecule has 1 aliphatic rings. The van der Waals surface area contributed by atoms with E-state index < -0.39 is 6.17 Å². The number of alkyl halides is 1. The molecule has 0 amide bonds. The lowest BCUT2D eigenvalue weighted by atomic mass is 9.86. The Kier molecular flexibility index (Phi) is 4.22. The summed E-state index contributed by atoms with van der Waals surface area (Å²) in [6.45, 7) is 4.31. The van der Waals surface area contributed by atoms with Crippen molar-refractivity contribution in [2.24, 2.45) is 0 Å². The molecular formula is C14H21BFN. The molecule has 1 atom stereocenters. The Bertz CT molecular complexity index is 342. The summed E-state index contributed by atoms with van der Waals surface area (Å²) < 4.78 is 12.9. The van der Waals surface area contributed by atoms with E-state index in [1.54, 1.807) is 6.92 Å². The molecule has 0 saturated carbocycles. The van der Waals surface area contributed by atoms with Gasteiger partial charge in [0, 0.05) is 6.54 Å². The van der Waals surface area contributed by atoms with E-state index >= 15 is 0 Å². The van der Waals surface area contributed by atoms with Crippen molar-refractivity contribution in [1.29, 1.82) is 0 Å². The zero-order valence-electron chi connectivity index (χ0n) is 10.8. The van der Waals surface area contributed by atoms with E-state index in [9.17, 15) is 4.39 Å². The Balaban J connectivity index is 1.88. The maximum absolute atomic E-state index is 12.9. The van der Waals surface area contributed by atoms with Gasteiger partial charge in [-0.05, 0) is 44.3 Å². The highest BCUT2D eigenvalue weighted by atomic mass is 19.1. The molecular weight excluding hydrogens is 212 g/mol. The molecule has 0 aromatic heterocycles. The zero-order valence-corrected chi connectivity index (χ0v) is 10.8. The first-order valence-electron chi connectivity index (χ1n) is 6.58. The second-order valence-electron chi connectivity index (χ2n) is 5.27. The van der Waals surface area contributed by atoms with Crippen LogP contribution in [0.25, 0.3) is 0 Å². The van der Waals surface area contributed by atoms with Crippen molar-refractivity contribution >= 4 is 13.3 Å². The third-order valence-corrected chi connectivity index (χ3v) is 3.65. The summed E-state index contributed by atoms with van der Waals surface area (Å²) >= 11 is 0. The van der Waals surface area contributed by atoms with Crippen molar-refractivity contribution in [2.45, 2.75) is 31.9 Å². The van der Waals surface area contributed by atoms with Gasteiger partial charge in [-0.25, -0.2) is 4.39 Å². The van der Waals surface area contributed by atoms with E-state index in [0.29, 0.717) is 12.5 Å². The Morgan fingerprint density at radius 3 is 2.41 bits per heavy atom. The van der Waals surface area contributed by atoms with Crippen LogP contribution in [0.2, 0.25) is 0 Å². The molecule has 1 fully saturated rings. The first-order chi connectivity index (χ1) is 8.15. The predicted octanol–water partition coefficient (Wildman–Crippen LogP) is 1.48. The van der Waals surface area contributed by atoms with Crippen LogP contribution < -0.4 is 5.46 Å². The molecule has 0 bridgehead atoms. The summed E-state index contributed by atoms with van der Waals surface area (Å²) in [5, 5.41) is 0. The van der Waals surface area contributed by atoms with Crippen LogP contribution in [0.1, 0.15) is 31.2 Å². The number of benzene rings is 1. The molecule has 0 radical (unpaired) electrons. The van der Waals surface area contributed by atoms with E-state index in [-0.39, 0.29) is 0 Å². The lowest BCUT2D eigenvalue weighted by Gasteiger charge is -2.32. The number of likely N-dealkylation sites (tertiary alicyclic amines) is 1. The van der Waals surface area contributed by atoms with Gasteiger partial charge in [0.2, 0.25) is 0 Å². The monoisotopic (exact) mass is 233 g/mol. The molecule has 2 rings (SSSR count). The van der Waals surface area contributed by atoms with Crippen molar-refractivity contribution in [3.8, 4) is 0 Å². The largest absolute Gasteiger partial charge is 0.300 e. The van der Waals surface area contributed by atoms with E-state index in [0.717, 1.165) is 25.9 Å². The second-order valence-corrected chi connectivity index (χ2v) is 5.27. The summed E-state index contributed by atoms with van der Waals surface area (Å²) in [6, 6.07) is 8.86. The van der Waals surface area contributed by atoms with Gasteiger partial charge in [0.05, 0.1) is 0 Å². The molecule has 1 heterocycles. The number of hydrogen-bond acceptors (Lipinski definition) is 1. The normalized spacial score (nSPS) is 20.4. The molecule has 0 aliphatic carbocycles. The standard InChI is InChI=1S/C14H21BFN/c1-11(16)10-17-8-6-13(7-9-17)12-2-4-14(15)5-3-12/h2-5,11,13H,6-10,15H2,1H3.